The molecule has 0 aliphatic carbocycles. The Kier molecular flexibility index (Phi) is 5.48. The highest BCUT2D eigenvalue weighted by molar-refractivity contribution is 5.95. The number of para-hydroxylation sites is 1. The lowest BCUT2D eigenvalue weighted by molar-refractivity contribution is -0.141. The van der Waals surface area contributed by atoms with E-state index in [9.17, 15) is 9.59 Å². The zero-order chi connectivity index (χ0) is 19.4. The van der Waals surface area contributed by atoms with E-state index in [-0.39, 0.29) is 24.0 Å². The van der Waals surface area contributed by atoms with Crippen LogP contribution in [0.4, 0.5) is 5.69 Å². The lowest BCUT2D eigenvalue weighted by atomic mass is 9.92. The molecule has 4 rings (SSSR count). The molecule has 2 amide bonds. The number of furan rings is 1. The first kappa shape index (κ1) is 18.7. The number of benzene rings is 1. The Hall–Kier alpha value is -2.60. The van der Waals surface area contributed by atoms with E-state index in [0.29, 0.717) is 25.9 Å². The highest BCUT2D eigenvalue weighted by Gasteiger charge is 2.41. The summed E-state index contributed by atoms with van der Waals surface area (Å²) in [5, 5.41) is 0. The van der Waals surface area contributed by atoms with Crippen LogP contribution in [0.2, 0.25) is 0 Å². The average molecular weight is 382 g/mol. The number of likely N-dealkylation sites (tertiary alicyclic amines) is 1. The second-order valence-electron chi connectivity index (χ2n) is 7.60. The minimum absolute atomic E-state index is 0.00699. The Bertz CT molecular complexity index is 805. The normalized spacial score (nSPS) is 23.1. The number of carbonyl (C=O) groups is 2. The summed E-state index contributed by atoms with van der Waals surface area (Å²) < 4.78 is 11.4. The van der Waals surface area contributed by atoms with Crippen LogP contribution in [0.3, 0.4) is 0 Å². The van der Waals surface area contributed by atoms with Crippen molar-refractivity contribution in [1.29, 1.82) is 0 Å². The Balaban J connectivity index is 1.38. The van der Waals surface area contributed by atoms with Gasteiger partial charge in [0.2, 0.25) is 5.91 Å². The fourth-order valence-electron chi connectivity index (χ4n) is 4.12. The molecule has 0 bridgehead atoms. The van der Waals surface area contributed by atoms with Crippen LogP contribution >= 0.6 is 0 Å². The first-order valence-corrected chi connectivity index (χ1v) is 9.95. The van der Waals surface area contributed by atoms with Gasteiger partial charge in [-0.15, -0.1) is 0 Å². The molecule has 2 aliphatic heterocycles. The van der Waals surface area contributed by atoms with Gasteiger partial charge in [-0.1, -0.05) is 18.2 Å². The number of amides is 2. The summed E-state index contributed by atoms with van der Waals surface area (Å²) >= 11 is 0. The van der Waals surface area contributed by atoms with Crippen molar-refractivity contribution in [2.45, 2.75) is 37.7 Å². The van der Waals surface area contributed by atoms with Gasteiger partial charge in [0.1, 0.15) is 12.4 Å². The summed E-state index contributed by atoms with van der Waals surface area (Å²) in [7, 11) is 0. The molecule has 2 saturated heterocycles. The lowest BCUT2D eigenvalue weighted by Gasteiger charge is -2.42. The van der Waals surface area contributed by atoms with E-state index >= 15 is 0 Å². The number of nitrogens with zero attached hydrogens (tertiary/aromatic N) is 2. The standard InChI is InChI=1S/C22H26N2O4/c25-20(10-9-19-8-4-15-27-19)23-13-5-11-22(12-14-23)17-24(21(26)16-28-22)18-6-2-1-3-7-18/h1-4,6-8,15H,5,9-14,16-17H2. The van der Waals surface area contributed by atoms with E-state index in [4.69, 9.17) is 9.15 Å². The largest absolute Gasteiger partial charge is 0.469 e. The van der Waals surface area contributed by atoms with Crippen molar-refractivity contribution >= 4 is 17.5 Å². The predicted octanol–water partition coefficient (Wildman–Crippen LogP) is 3.03. The maximum atomic E-state index is 12.6. The fraction of sp³-hybridized carbons (Fsp3) is 0.455. The van der Waals surface area contributed by atoms with Gasteiger partial charge in [-0.25, -0.2) is 0 Å². The first-order chi connectivity index (χ1) is 13.7. The van der Waals surface area contributed by atoms with Crippen LogP contribution in [0.25, 0.3) is 0 Å². The van der Waals surface area contributed by atoms with Gasteiger partial charge < -0.3 is 19.0 Å². The zero-order valence-electron chi connectivity index (χ0n) is 16.0. The van der Waals surface area contributed by atoms with Crippen LogP contribution in [0.5, 0.6) is 0 Å². The summed E-state index contributed by atoms with van der Waals surface area (Å²) in [6.07, 6.45) is 5.19. The number of hydrogen-bond donors (Lipinski definition) is 0. The highest BCUT2D eigenvalue weighted by Crippen LogP contribution is 2.33. The van der Waals surface area contributed by atoms with Crippen molar-refractivity contribution in [3.8, 4) is 0 Å². The molecule has 1 spiro atoms. The second kappa shape index (κ2) is 8.19. The van der Waals surface area contributed by atoms with E-state index in [1.54, 1.807) is 6.26 Å². The third-order valence-corrected chi connectivity index (χ3v) is 5.73. The van der Waals surface area contributed by atoms with E-state index < -0.39 is 0 Å². The van der Waals surface area contributed by atoms with Gasteiger partial charge in [0.05, 0.1) is 18.4 Å². The number of carbonyl (C=O) groups excluding carboxylic acids is 2. The van der Waals surface area contributed by atoms with E-state index in [0.717, 1.165) is 37.3 Å². The molecule has 3 heterocycles. The minimum Gasteiger partial charge on any atom is -0.469 e. The van der Waals surface area contributed by atoms with Crippen molar-refractivity contribution in [3.05, 3.63) is 54.5 Å². The Morgan fingerprint density at radius 1 is 1.07 bits per heavy atom. The van der Waals surface area contributed by atoms with Gasteiger partial charge in [-0.2, -0.15) is 0 Å². The Morgan fingerprint density at radius 3 is 2.71 bits per heavy atom. The topological polar surface area (TPSA) is 63.0 Å². The second-order valence-corrected chi connectivity index (χ2v) is 7.60. The minimum atomic E-state index is -0.375. The maximum absolute atomic E-state index is 12.6. The van der Waals surface area contributed by atoms with Crippen LogP contribution < -0.4 is 4.90 Å². The third kappa shape index (κ3) is 4.12. The number of aryl methyl sites for hydroxylation is 1. The average Bonchev–Trinajstić information content (AvgIpc) is 3.16. The summed E-state index contributed by atoms with van der Waals surface area (Å²) in [5.74, 6) is 0.986. The van der Waals surface area contributed by atoms with Gasteiger partial charge in [-0.05, 0) is 43.5 Å². The molecular weight excluding hydrogens is 356 g/mol. The molecule has 0 radical (unpaired) electrons. The van der Waals surface area contributed by atoms with Crippen LogP contribution in [0.1, 0.15) is 31.4 Å². The number of hydrogen-bond acceptors (Lipinski definition) is 4. The molecule has 1 aromatic heterocycles. The molecule has 1 aromatic carbocycles. The molecule has 6 heteroatoms. The molecule has 1 atom stereocenters. The number of rotatable bonds is 4. The van der Waals surface area contributed by atoms with Crippen molar-refractivity contribution < 1.29 is 18.7 Å². The quantitative estimate of drug-likeness (QED) is 0.815. The molecule has 148 valence electrons. The Morgan fingerprint density at radius 2 is 1.93 bits per heavy atom. The molecule has 2 fully saturated rings. The monoisotopic (exact) mass is 382 g/mol. The molecule has 1 unspecified atom stereocenters. The van der Waals surface area contributed by atoms with E-state index in [1.165, 1.54) is 0 Å². The SMILES string of the molecule is O=C(CCc1ccco1)N1CCCC2(CC1)CN(c1ccccc1)C(=O)CO2. The zero-order valence-corrected chi connectivity index (χ0v) is 16.0. The molecule has 2 aromatic rings. The van der Waals surface area contributed by atoms with Crippen LogP contribution in [-0.4, -0.2) is 48.6 Å². The van der Waals surface area contributed by atoms with Crippen molar-refractivity contribution in [2.24, 2.45) is 0 Å². The summed E-state index contributed by atoms with van der Waals surface area (Å²) in [5.41, 5.74) is 0.533. The third-order valence-electron chi connectivity index (χ3n) is 5.73. The summed E-state index contributed by atoms with van der Waals surface area (Å²) in [4.78, 5) is 28.8. The van der Waals surface area contributed by atoms with Crippen molar-refractivity contribution in [3.63, 3.8) is 0 Å². The first-order valence-electron chi connectivity index (χ1n) is 9.95. The van der Waals surface area contributed by atoms with Gasteiger partial charge in [-0.3, -0.25) is 9.59 Å². The summed E-state index contributed by atoms with van der Waals surface area (Å²) in [6, 6.07) is 13.5. The molecule has 0 N–H and O–H groups in total. The molecule has 0 saturated carbocycles. The van der Waals surface area contributed by atoms with Gasteiger partial charge in [0, 0.05) is 31.6 Å². The van der Waals surface area contributed by atoms with Gasteiger partial charge in [0.25, 0.3) is 5.91 Å². The molecule has 28 heavy (non-hydrogen) atoms. The number of morpholine rings is 1. The van der Waals surface area contributed by atoms with Gasteiger partial charge >= 0.3 is 0 Å². The maximum Gasteiger partial charge on any atom is 0.253 e. The van der Waals surface area contributed by atoms with Crippen molar-refractivity contribution in [1.82, 2.24) is 4.90 Å². The van der Waals surface area contributed by atoms with Gasteiger partial charge in [0.15, 0.2) is 0 Å². The molecular formula is C22H26N2O4. The number of ether oxygens (including phenoxy) is 1. The predicted molar refractivity (Wildman–Crippen MR) is 105 cm³/mol. The number of anilines is 1. The molecule has 6 nitrogen and oxygen atoms in total. The van der Waals surface area contributed by atoms with E-state index in [2.05, 4.69) is 0 Å². The van der Waals surface area contributed by atoms with Crippen LogP contribution in [-0.2, 0) is 20.7 Å². The summed E-state index contributed by atoms with van der Waals surface area (Å²) in [6.45, 7) is 2.04. The molecule has 2 aliphatic rings. The Labute approximate surface area is 165 Å². The smallest absolute Gasteiger partial charge is 0.253 e. The fourth-order valence-corrected chi connectivity index (χ4v) is 4.12. The van der Waals surface area contributed by atoms with E-state index in [1.807, 2.05) is 52.3 Å². The van der Waals surface area contributed by atoms with Crippen molar-refractivity contribution in [2.75, 3.05) is 31.1 Å². The lowest BCUT2D eigenvalue weighted by Crippen LogP contribution is -2.55. The van der Waals surface area contributed by atoms with Crippen LogP contribution in [0, 0.1) is 0 Å². The van der Waals surface area contributed by atoms with Crippen LogP contribution in [0.15, 0.2) is 53.1 Å². The highest BCUT2D eigenvalue weighted by atomic mass is 16.5.